The first-order valence-electron chi connectivity index (χ1n) is 9.26. The lowest BCUT2D eigenvalue weighted by molar-refractivity contribution is -0.123. The molecule has 28 heavy (non-hydrogen) atoms. The highest BCUT2D eigenvalue weighted by molar-refractivity contribution is 5.93. The molecule has 0 fully saturated rings. The molecule has 0 aliphatic heterocycles. The van der Waals surface area contributed by atoms with Crippen LogP contribution in [0.4, 0.5) is 0 Å². The van der Waals surface area contributed by atoms with Crippen molar-refractivity contribution in [2.75, 3.05) is 6.61 Å². The second-order valence-corrected chi connectivity index (χ2v) is 6.60. The van der Waals surface area contributed by atoms with Crippen LogP contribution in [-0.2, 0) is 4.79 Å². The van der Waals surface area contributed by atoms with Gasteiger partial charge in [-0.3, -0.25) is 4.79 Å². The Labute approximate surface area is 165 Å². The number of rotatable bonds is 7. The molecule has 0 spiro atoms. The lowest BCUT2D eigenvalue weighted by Gasteiger charge is -2.18. The molecule has 0 radical (unpaired) electrons. The highest BCUT2D eigenvalue weighted by Crippen LogP contribution is 2.26. The summed E-state index contributed by atoms with van der Waals surface area (Å²) in [4.78, 5) is 12.2. The monoisotopic (exact) mass is 372 g/mol. The van der Waals surface area contributed by atoms with Crippen molar-refractivity contribution < 1.29 is 9.53 Å². The minimum absolute atomic E-state index is 0.0278. The SMILES string of the molecule is C/C(=N\NC(=O)COc1ccccc1C)C(c1ccccc1)c1ccccc1. The molecule has 0 saturated heterocycles. The van der Waals surface area contributed by atoms with Gasteiger partial charge in [-0.25, -0.2) is 5.43 Å². The summed E-state index contributed by atoms with van der Waals surface area (Å²) in [5.74, 6) is 0.382. The quantitative estimate of drug-likeness (QED) is 0.483. The Morgan fingerprint density at radius 1 is 0.893 bits per heavy atom. The van der Waals surface area contributed by atoms with Crippen molar-refractivity contribution in [3.05, 3.63) is 102 Å². The van der Waals surface area contributed by atoms with E-state index >= 15 is 0 Å². The smallest absolute Gasteiger partial charge is 0.277 e. The molecular weight excluding hydrogens is 348 g/mol. The normalized spacial score (nSPS) is 11.3. The summed E-state index contributed by atoms with van der Waals surface area (Å²) >= 11 is 0. The number of hydrogen-bond acceptors (Lipinski definition) is 3. The van der Waals surface area contributed by atoms with Crippen molar-refractivity contribution in [3.63, 3.8) is 0 Å². The number of para-hydroxylation sites is 1. The number of carbonyl (C=O) groups is 1. The standard InChI is InChI=1S/C24H24N2O2/c1-18-11-9-10-16-22(18)28-17-23(27)26-25-19(2)24(20-12-5-3-6-13-20)21-14-7-4-8-15-21/h3-16,24H,17H2,1-2H3,(H,26,27)/b25-19+. The van der Waals surface area contributed by atoms with E-state index in [2.05, 4.69) is 34.8 Å². The first kappa shape index (κ1) is 19.4. The van der Waals surface area contributed by atoms with Gasteiger partial charge in [-0.1, -0.05) is 78.9 Å². The molecule has 4 heteroatoms. The number of hydrazone groups is 1. The first-order chi connectivity index (χ1) is 13.6. The fourth-order valence-electron chi connectivity index (χ4n) is 3.07. The minimum atomic E-state index is -0.289. The summed E-state index contributed by atoms with van der Waals surface area (Å²) in [7, 11) is 0. The second kappa shape index (κ2) is 9.51. The predicted octanol–water partition coefficient (Wildman–Crippen LogP) is 4.70. The fraction of sp³-hybridized carbons (Fsp3) is 0.167. The van der Waals surface area contributed by atoms with E-state index in [1.165, 1.54) is 0 Å². The first-order valence-corrected chi connectivity index (χ1v) is 9.26. The Balaban J connectivity index is 1.70. The maximum absolute atomic E-state index is 12.2. The molecule has 0 aliphatic carbocycles. The number of ether oxygens (including phenoxy) is 1. The van der Waals surface area contributed by atoms with Crippen molar-refractivity contribution in [1.82, 2.24) is 5.43 Å². The summed E-state index contributed by atoms with van der Waals surface area (Å²) in [6.07, 6.45) is 0. The molecule has 4 nitrogen and oxygen atoms in total. The Morgan fingerprint density at radius 3 is 2.00 bits per heavy atom. The molecule has 0 aliphatic rings. The number of nitrogens with one attached hydrogen (secondary N) is 1. The van der Waals surface area contributed by atoms with E-state index < -0.39 is 0 Å². The van der Waals surface area contributed by atoms with E-state index in [4.69, 9.17) is 4.74 Å². The molecular formula is C24H24N2O2. The number of aryl methyl sites for hydroxylation is 1. The van der Waals surface area contributed by atoms with Gasteiger partial charge in [0.05, 0.1) is 0 Å². The predicted molar refractivity (Wildman–Crippen MR) is 113 cm³/mol. The zero-order chi connectivity index (χ0) is 19.8. The Bertz CT molecular complexity index is 898. The number of carbonyl (C=O) groups excluding carboxylic acids is 1. The van der Waals surface area contributed by atoms with Crippen LogP contribution in [0.5, 0.6) is 5.75 Å². The van der Waals surface area contributed by atoms with Gasteiger partial charge in [0.2, 0.25) is 0 Å². The van der Waals surface area contributed by atoms with E-state index in [1.807, 2.05) is 74.5 Å². The van der Waals surface area contributed by atoms with Crippen molar-refractivity contribution in [3.8, 4) is 5.75 Å². The van der Waals surface area contributed by atoms with Gasteiger partial charge < -0.3 is 4.74 Å². The number of nitrogens with zero attached hydrogens (tertiary/aromatic N) is 1. The molecule has 0 unspecified atom stereocenters. The molecule has 142 valence electrons. The number of hydrogen-bond donors (Lipinski definition) is 1. The van der Waals surface area contributed by atoms with Gasteiger partial charge in [0.25, 0.3) is 5.91 Å². The molecule has 0 heterocycles. The van der Waals surface area contributed by atoms with Crippen LogP contribution < -0.4 is 10.2 Å². The van der Waals surface area contributed by atoms with Gasteiger partial charge in [-0.05, 0) is 36.6 Å². The van der Waals surface area contributed by atoms with Crippen molar-refractivity contribution >= 4 is 11.6 Å². The van der Waals surface area contributed by atoms with E-state index in [1.54, 1.807) is 0 Å². The molecule has 3 aromatic rings. The van der Waals surface area contributed by atoms with E-state index in [-0.39, 0.29) is 18.4 Å². The minimum Gasteiger partial charge on any atom is -0.483 e. The Morgan fingerprint density at radius 2 is 1.43 bits per heavy atom. The average molecular weight is 372 g/mol. The number of benzene rings is 3. The van der Waals surface area contributed by atoms with Crippen LogP contribution in [0.3, 0.4) is 0 Å². The van der Waals surface area contributed by atoms with Gasteiger partial charge in [0.1, 0.15) is 5.75 Å². The van der Waals surface area contributed by atoms with Crippen LogP contribution in [0.1, 0.15) is 29.5 Å². The van der Waals surface area contributed by atoms with Crippen molar-refractivity contribution in [2.45, 2.75) is 19.8 Å². The van der Waals surface area contributed by atoms with E-state index in [0.717, 1.165) is 22.4 Å². The third-order valence-corrected chi connectivity index (χ3v) is 4.49. The Hall–Kier alpha value is -3.40. The molecule has 0 bridgehead atoms. The lowest BCUT2D eigenvalue weighted by atomic mass is 9.88. The maximum Gasteiger partial charge on any atom is 0.277 e. The van der Waals surface area contributed by atoms with Gasteiger partial charge in [0, 0.05) is 11.6 Å². The van der Waals surface area contributed by atoms with Crippen LogP contribution >= 0.6 is 0 Å². The van der Waals surface area contributed by atoms with Gasteiger partial charge in [-0.2, -0.15) is 5.10 Å². The van der Waals surface area contributed by atoms with E-state index in [0.29, 0.717) is 5.75 Å². The third-order valence-electron chi connectivity index (χ3n) is 4.49. The van der Waals surface area contributed by atoms with Crippen LogP contribution in [0, 0.1) is 6.92 Å². The van der Waals surface area contributed by atoms with Crippen molar-refractivity contribution in [1.29, 1.82) is 0 Å². The van der Waals surface area contributed by atoms with Gasteiger partial charge in [-0.15, -0.1) is 0 Å². The van der Waals surface area contributed by atoms with Crippen molar-refractivity contribution in [2.24, 2.45) is 5.10 Å². The topological polar surface area (TPSA) is 50.7 Å². The molecule has 0 atom stereocenters. The Kier molecular flexibility index (Phi) is 6.58. The molecule has 3 rings (SSSR count). The van der Waals surface area contributed by atoms with Crippen LogP contribution in [0.25, 0.3) is 0 Å². The van der Waals surface area contributed by atoms with E-state index in [9.17, 15) is 4.79 Å². The third kappa shape index (κ3) is 5.07. The van der Waals surface area contributed by atoms with Gasteiger partial charge >= 0.3 is 0 Å². The summed E-state index contributed by atoms with van der Waals surface area (Å²) in [5, 5.41) is 4.35. The summed E-state index contributed by atoms with van der Waals surface area (Å²) in [6, 6.07) is 27.9. The highest BCUT2D eigenvalue weighted by Gasteiger charge is 2.17. The zero-order valence-electron chi connectivity index (χ0n) is 16.1. The average Bonchev–Trinajstić information content (AvgIpc) is 2.73. The number of amides is 1. The summed E-state index contributed by atoms with van der Waals surface area (Å²) in [5.41, 5.74) is 6.66. The summed E-state index contributed by atoms with van der Waals surface area (Å²) in [6.45, 7) is 3.79. The van der Waals surface area contributed by atoms with Crippen LogP contribution in [0.15, 0.2) is 90.0 Å². The molecule has 0 saturated carbocycles. The lowest BCUT2D eigenvalue weighted by Crippen LogP contribution is -2.26. The largest absolute Gasteiger partial charge is 0.483 e. The van der Waals surface area contributed by atoms with Crippen LogP contribution in [0.2, 0.25) is 0 Å². The highest BCUT2D eigenvalue weighted by atomic mass is 16.5. The molecule has 1 amide bonds. The molecule has 0 aromatic heterocycles. The molecule has 3 aromatic carbocycles. The van der Waals surface area contributed by atoms with Crippen LogP contribution in [-0.4, -0.2) is 18.2 Å². The summed E-state index contributed by atoms with van der Waals surface area (Å²) < 4.78 is 5.58. The second-order valence-electron chi connectivity index (χ2n) is 6.60. The zero-order valence-corrected chi connectivity index (χ0v) is 16.1. The molecule has 1 N–H and O–H groups in total. The maximum atomic E-state index is 12.2. The fourth-order valence-corrected chi connectivity index (χ4v) is 3.07. The van der Waals surface area contributed by atoms with Gasteiger partial charge in [0.15, 0.2) is 6.61 Å².